The molecule has 4 heteroatoms. The minimum absolute atomic E-state index is 0.126. The second-order valence-corrected chi connectivity index (χ2v) is 7.71. The third kappa shape index (κ3) is 5.28. The van der Waals surface area contributed by atoms with Crippen molar-refractivity contribution in [3.63, 3.8) is 0 Å². The fourth-order valence-corrected chi connectivity index (χ4v) is 2.74. The lowest BCUT2D eigenvalue weighted by molar-refractivity contribution is 0.205. The molecule has 21 heavy (non-hydrogen) atoms. The van der Waals surface area contributed by atoms with Gasteiger partial charge in [0.05, 0.1) is 6.61 Å². The molecule has 1 fully saturated rings. The standard InChI is InChI=1S/C17H27BrN2O/c1-17(2,3)19-12-13-5-6-14(18)11-16(13)20(9-10-21-4)15-7-8-15/h5-6,11,15,19H,7-10,12H2,1-4H3. The number of benzene rings is 1. The molecule has 0 atom stereocenters. The number of nitrogens with zero attached hydrogens (tertiary/aromatic N) is 1. The highest BCUT2D eigenvalue weighted by Crippen LogP contribution is 2.35. The van der Waals surface area contributed by atoms with Gasteiger partial charge in [0.25, 0.3) is 0 Å². The van der Waals surface area contributed by atoms with Crippen molar-refractivity contribution in [2.45, 2.75) is 51.7 Å². The molecule has 0 bridgehead atoms. The fourth-order valence-electron chi connectivity index (χ4n) is 2.39. The van der Waals surface area contributed by atoms with Gasteiger partial charge in [-0.2, -0.15) is 0 Å². The highest BCUT2D eigenvalue weighted by Gasteiger charge is 2.30. The van der Waals surface area contributed by atoms with E-state index in [2.05, 4.69) is 65.1 Å². The summed E-state index contributed by atoms with van der Waals surface area (Å²) >= 11 is 3.61. The van der Waals surface area contributed by atoms with Crippen molar-refractivity contribution >= 4 is 21.6 Å². The first-order valence-electron chi connectivity index (χ1n) is 7.70. The van der Waals surface area contributed by atoms with Crippen LogP contribution in [0.4, 0.5) is 5.69 Å². The number of ether oxygens (including phenoxy) is 1. The van der Waals surface area contributed by atoms with Gasteiger partial charge in [0.1, 0.15) is 0 Å². The summed E-state index contributed by atoms with van der Waals surface area (Å²) in [5.41, 5.74) is 2.82. The smallest absolute Gasteiger partial charge is 0.0637 e. The summed E-state index contributed by atoms with van der Waals surface area (Å²) in [6.45, 7) is 9.23. The van der Waals surface area contributed by atoms with E-state index in [1.807, 2.05) is 0 Å². The van der Waals surface area contributed by atoms with Crippen LogP contribution in [0.5, 0.6) is 0 Å². The lowest BCUT2D eigenvalue weighted by atomic mass is 10.1. The van der Waals surface area contributed by atoms with Crippen LogP contribution in [0.2, 0.25) is 0 Å². The van der Waals surface area contributed by atoms with Crippen LogP contribution in [0.15, 0.2) is 22.7 Å². The molecular weight excluding hydrogens is 328 g/mol. The molecule has 0 unspecified atom stereocenters. The van der Waals surface area contributed by atoms with Crippen molar-refractivity contribution in [1.82, 2.24) is 5.32 Å². The summed E-state index contributed by atoms with van der Waals surface area (Å²) in [5, 5.41) is 3.60. The first kappa shape index (κ1) is 16.8. The molecule has 3 nitrogen and oxygen atoms in total. The van der Waals surface area contributed by atoms with Crippen LogP contribution in [0.3, 0.4) is 0 Å². The third-order valence-corrected chi connectivity index (χ3v) is 4.18. The van der Waals surface area contributed by atoms with Gasteiger partial charge in [0, 0.05) is 41.9 Å². The Kier molecular flexibility index (Phi) is 5.69. The van der Waals surface area contributed by atoms with Gasteiger partial charge >= 0.3 is 0 Å². The number of rotatable bonds is 7. The molecule has 0 aliphatic heterocycles. The largest absolute Gasteiger partial charge is 0.383 e. The number of methoxy groups -OCH3 is 1. The van der Waals surface area contributed by atoms with Crippen molar-refractivity contribution in [2.75, 3.05) is 25.2 Å². The predicted octanol–water partition coefficient (Wildman–Crippen LogP) is 3.95. The van der Waals surface area contributed by atoms with Gasteiger partial charge in [0.2, 0.25) is 0 Å². The number of hydrogen-bond donors (Lipinski definition) is 1. The van der Waals surface area contributed by atoms with Gasteiger partial charge in [-0.1, -0.05) is 22.0 Å². The Morgan fingerprint density at radius 1 is 1.33 bits per heavy atom. The molecule has 118 valence electrons. The van der Waals surface area contributed by atoms with Gasteiger partial charge in [-0.05, 0) is 51.3 Å². The van der Waals surface area contributed by atoms with E-state index in [0.717, 1.165) is 24.2 Å². The van der Waals surface area contributed by atoms with E-state index in [9.17, 15) is 0 Å². The van der Waals surface area contributed by atoms with Gasteiger partial charge in [-0.25, -0.2) is 0 Å². The molecule has 1 saturated carbocycles. The SMILES string of the molecule is COCCN(c1cc(Br)ccc1CNC(C)(C)C)C1CC1. The lowest BCUT2D eigenvalue weighted by Gasteiger charge is -2.29. The highest BCUT2D eigenvalue weighted by molar-refractivity contribution is 9.10. The van der Waals surface area contributed by atoms with Crippen LogP contribution in [0.25, 0.3) is 0 Å². The van der Waals surface area contributed by atoms with Crippen molar-refractivity contribution in [3.8, 4) is 0 Å². The average molecular weight is 355 g/mol. The third-order valence-electron chi connectivity index (χ3n) is 3.69. The van der Waals surface area contributed by atoms with Crippen LogP contribution < -0.4 is 10.2 Å². The zero-order valence-electron chi connectivity index (χ0n) is 13.6. The second-order valence-electron chi connectivity index (χ2n) is 6.79. The van der Waals surface area contributed by atoms with E-state index in [1.165, 1.54) is 24.1 Å². The highest BCUT2D eigenvalue weighted by atomic mass is 79.9. The fraction of sp³-hybridized carbons (Fsp3) is 0.647. The van der Waals surface area contributed by atoms with Crippen molar-refractivity contribution in [1.29, 1.82) is 0 Å². The quantitative estimate of drug-likeness (QED) is 0.802. The van der Waals surface area contributed by atoms with E-state index in [0.29, 0.717) is 6.04 Å². The van der Waals surface area contributed by atoms with Crippen LogP contribution >= 0.6 is 15.9 Å². The Hall–Kier alpha value is -0.580. The maximum absolute atomic E-state index is 5.29. The summed E-state index contributed by atoms with van der Waals surface area (Å²) in [5.74, 6) is 0. The first-order chi connectivity index (χ1) is 9.90. The summed E-state index contributed by atoms with van der Waals surface area (Å²) in [6, 6.07) is 7.28. The predicted molar refractivity (Wildman–Crippen MR) is 93.0 cm³/mol. The second kappa shape index (κ2) is 7.12. The maximum atomic E-state index is 5.29. The van der Waals surface area contributed by atoms with Gasteiger partial charge in [-0.15, -0.1) is 0 Å². The van der Waals surface area contributed by atoms with Gasteiger partial charge < -0.3 is 15.0 Å². The number of anilines is 1. The molecule has 1 N–H and O–H groups in total. The van der Waals surface area contributed by atoms with E-state index in [-0.39, 0.29) is 5.54 Å². The van der Waals surface area contributed by atoms with Crippen LogP contribution in [-0.4, -0.2) is 31.8 Å². The van der Waals surface area contributed by atoms with Crippen LogP contribution in [-0.2, 0) is 11.3 Å². The minimum atomic E-state index is 0.126. The lowest BCUT2D eigenvalue weighted by Crippen LogP contribution is -2.36. The van der Waals surface area contributed by atoms with E-state index < -0.39 is 0 Å². The van der Waals surface area contributed by atoms with Crippen molar-refractivity contribution in [3.05, 3.63) is 28.2 Å². The Morgan fingerprint density at radius 2 is 2.05 bits per heavy atom. The molecule has 0 amide bonds. The zero-order valence-corrected chi connectivity index (χ0v) is 15.2. The van der Waals surface area contributed by atoms with Gasteiger partial charge in [-0.3, -0.25) is 0 Å². The van der Waals surface area contributed by atoms with Crippen LogP contribution in [0, 0.1) is 0 Å². The summed E-state index contributed by atoms with van der Waals surface area (Å²) in [7, 11) is 1.77. The Labute approximate surface area is 137 Å². The zero-order chi connectivity index (χ0) is 15.5. The minimum Gasteiger partial charge on any atom is -0.383 e. The molecule has 1 aliphatic carbocycles. The maximum Gasteiger partial charge on any atom is 0.0637 e. The normalized spacial score (nSPS) is 15.3. The molecule has 1 aromatic rings. The Morgan fingerprint density at radius 3 is 2.62 bits per heavy atom. The number of halogens is 1. The summed E-state index contributed by atoms with van der Waals surface area (Å²) < 4.78 is 6.43. The summed E-state index contributed by atoms with van der Waals surface area (Å²) in [6.07, 6.45) is 2.59. The first-order valence-corrected chi connectivity index (χ1v) is 8.49. The van der Waals surface area contributed by atoms with E-state index in [1.54, 1.807) is 7.11 Å². The topological polar surface area (TPSA) is 24.5 Å². The number of nitrogens with one attached hydrogen (secondary N) is 1. The molecule has 0 saturated heterocycles. The average Bonchev–Trinajstić information content (AvgIpc) is 3.22. The van der Waals surface area contributed by atoms with E-state index in [4.69, 9.17) is 4.74 Å². The molecular formula is C17H27BrN2O. The van der Waals surface area contributed by atoms with Crippen molar-refractivity contribution < 1.29 is 4.74 Å². The molecule has 1 aromatic carbocycles. The van der Waals surface area contributed by atoms with E-state index >= 15 is 0 Å². The Balaban J connectivity index is 2.20. The molecule has 2 rings (SSSR count). The summed E-state index contributed by atoms with van der Waals surface area (Å²) in [4.78, 5) is 2.51. The molecule has 1 aliphatic rings. The number of hydrogen-bond acceptors (Lipinski definition) is 3. The molecule has 0 heterocycles. The molecule has 0 radical (unpaired) electrons. The Bertz CT molecular complexity index is 466. The van der Waals surface area contributed by atoms with Crippen molar-refractivity contribution in [2.24, 2.45) is 0 Å². The monoisotopic (exact) mass is 354 g/mol. The molecule has 0 spiro atoms. The van der Waals surface area contributed by atoms with Crippen LogP contribution in [0.1, 0.15) is 39.2 Å². The van der Waals surface area contributed by atoms with Gasteiger partial charge in [0.15, 0.2) is 0 Å². The molecule has 0 aromatic heterocycles.